The SMILES string of the molecule is CCc1c(CCNC/C=C/C=C/CNCCc2ccc(OC)c(OC)c2CC)ccc(OC)c1OC.Cl. The fourth-order valence-electron chi connectivity index (χ4n) is 4.42. The van der Waals surface area contributed by atoms with Gasteiger partial charge in [-0.25, -0.2) is 0 Å². The Bertz CT molecular complexity index is 913. The van der Waals surface area contributed by atoms with Gasteiger partial charge in [0.05, 0.1) is 28.4 Å². The van der Waals surface area contributed by atoms with Crippen LogP contribution in [0.25, 0.3) is 0 Å². The number of ether oxygens (including phenoxy) is 4. The monoisotopic (exact) mass is 532 g/mol. The second-order valence-corrected chi connectivity index (χ2v) is 8.35. The third-order valence-electron chi connectivity index (χ3n) is 6.25. The summed E-state index contributed by atoms with van der Waals surface area (Å²) in [5.41, 5.74) is 5.05. The molecule has 6 nitrogen and oxygen atoms in total. The minimum Gasteiger partial charge on any atom is -0.493 e. The maximum absolute atomic E-state index is 5.58. The molecule has 0 atom stereocenters. The summed E-state index contributed by atoms with van der Waals surface area (Å²) < 4.78 is 22.0. The van der Waals surface area contributed by atoms with Crippen molar-refractivity contribution in [3.63, 3.8) is 0 Å². The molecular formula is C30H45ClN2O4. The van der Waals surface area contributed by atoms with Gasteiger partial charge in [-0.05, 0) is 62.0 Å². The van der Waals surface area contributed by atoms with Crippen molar-refractivity contribution in [3.05, 3.63) is 70.8 Å². The molecule has 0 bridgehead atoms. The van der Waals surface area contributed by atoms with Crippen molar-refractivity contribution in [2.45, 2.75) is 39.5 Å². The van der Waals surface area contributed by atoms with Gasteiger partial charge in [-0.2, -0.15) is 0 Å². The van der Waals surface area contributed by atoms with Gasteiger partial charge in [0.15, 0.2) is 23.0 Å². The van der Waals surface area contributed by atoms with E-state index in [2.05, 4.69) is 60.9 Å². The smallest absolute Gasteiger partial charge is 0.164 e. The fourth-order valence-corrected chi connectivity index (χ4v) is 4.42. The zero-order chi connectivity index (χ0) is 26.2. The molecule has 37 heavy (non-hydrogen) atoms. The van der Waals surface area contributed by atoms with Crippen molar-refractivity contribution in [1.29, 1.82) is 0 Å². The first kappa shape index (κ1) is 32.4. The summed E-state index contributed by atoms with van der Waals surface area (Å²) >= 11 is 0. The van der Waals surface area contributed by atoms with E-state index in [1.807, 2.05) is 12.1 Å². The standard InChI is InChI=1S/C30H44N2O4.ClH/c1-7-25-23(13-15-27(33-3)29(25)35-5)17-21-31-19-11-9-10-12-20-32-22-18-24-14-16-28(34-4)30(36-6)26(24)8-2;/h9-16,31-32H,7-8,17-22H2,1-6H3;1H/b11-9+,12-10+;. The highest BCUT2D eigenvalue weighted by Gasteiger charge is 2.14. The van der Waals surface area contributed by atoms with Gasteiger partial charge in [-0.1, -0.05) is 50.3 Å². The van der Waals surface area contributed by atoms with Crippen LogP contribution < -0.4 is 29.6 Å². The minimum absolute atomic E-state index is 0. The highest BCUT2D eigenvalue weighted by atomic mass is 35.5. The average Bonchev–Trinajstić information content (AvgIpc) is 2.92. The van der Waals surface area contributed by atoms with Gasteiger partial charge in [0, 0.05) is 24.2 Å². The molecule has 0 saturated carbocycles. The van der Waals surface area contributed by atoms with Crippen molar-refractivity contribution in [2.24, 2.45) is 0 Å². The van der Waals surface area contributed by atoms with E-state index in [0.717, 1.165) is 74.9 Å². The van der Waals surface area contributed by atoms with Crippen molar-refractivity contribution >= 4 is 12.4 Å². The molecule has 0 spiro atoms. The summed E-state index contributed by atoms with van der Waals surface area (Å²) in [6.45, 7) is 7.80. The Labute approximate surface area is 229 Å². The number of halogens is 1. The number of rotatable bonds is 17. The van der Waals surface area contributed by atoms with Crippen LogP contribution in [-0.4, -0.2) is 54.6 Å². The van der Waals surface area contributed by atoms with Crippen LogP contribution in [0.15, 0.2) is 48.6 Å². The second-order valence-electron chi connectivity index (χ2n) is 8.35. The maximum Gasteiger partial charge on any atom is 0.164 e. The predicted molar refractivity (Wildman–Crippen MR) is 157 cm³/mol. The zero-order valence-corrected chi connectivity index (χ0v) is 24.1. The Kier molecular flexibility index (Phi) is 16.2. The molecule has 2 rings (SSSR count). The normalized spacial score (nSPS) is 11.1. The van der Waals surface area contributed by atoms with Crippen LogP contribution in [0.3, 0.4) is 0 Å². The molecule has 7 heteroatoms. The van der Waals surface area contributed by atoms with Crippen LogP contribution in [-0.2, 0) is 25.7 Å². The van der Waals surface area contributed by atoms with E-state index in [0.29, 0.717) is 0 Å². The Morgan fingerprint density at radius 3 is 1.35 bits per heavy atom. The summed E-state index contributed by atoms with van der Waals surface area (Å²) in [7, 11) is 6.76. The van der Waals surface area contributed by atoms with Crippen LogP contribution in [0, 0.1) is 0 Å². The minimum atomic E-state index is 0. The van der Waals surface area contributed by atoms with Crippen LogP contribution in [0.1, 0.15) is 36.1 Å². The number of nitrogens with one attached hydrogen (secondary N) is 2. The van der Waals surface area contributed by atoms with E-state index in [1.165, 1.54) is 22.3 Å². The topological polar surface area (TPSA) is 61.0 Å². The van der Waals surface area contributed by atoms with Gasteiger partial charge in [-0.15, -0.1) is 12.4 Å². The molecule has 2 aromatic rings. The molecule has 0 aliphatic carbocycles. The number of benzene rings is 2. The number of allylic oxidation sites excluding steroid dienone is 2. The third kappa shape index (κ3) is 9.62. The zero-order valence-electron chi connectivity index (χ0n) is 23.3. The van der Waals surface area contributed by atoms with Crippen LogP contribution in [0.5, 0.6) is 23.0 Å². The lowest BCUT2D eigenvalue weighted by Crippen LogP contribution is -2.18. The molecule has 0 aromatic heterocycles. The molecule has 0 fully saturated rings. The van der Waals surface area contributed by atoms with E-state index in [4.69, 9.17) is 18.9 Å². The lowest BCUT2D eigenvalue weighted by Gasteiger charge is -2.16. The van der Waals surface area contributed by atoms with E-state index >= 15 is 0 Å². The van der Waals surface area contributed by atoms with Crippen molar-refractivity contribution in [3.8, 4) is 23.0 Å². The highest BCUT2D eigenvalue weighted by molar-refractivity contribution is 5.85. The lowest BCUT2D eigenvalue weighted by molar-refractivity contribution is 0.351. The first-order valence-electron chi connectivity index (χ1n) is 12.8. The van der Waals surface area contributed by atoms with Crippen molar-refractivity contribution in [2.75, 3.05) is 54.6 Å². The Balaban J connectivity index is 0.00000684. The molecule has 0 unspecified atom stereocenters. The highest BCUT2D eigenvalue weighted by Crippen LogP contribution is 2.35. The third-order valence-corrected chi connectivity index (χ3v) is 6.25. The van der Waals surface area contributed by atoms with Gasteiger partial charge in [0.25, 0.3) is 0 Å². The molecule has 0 aliphatic rings. The summed E-state index contributed by atoms with van der Waals surface area (Å²) in [6.07, 6.45) is 12.2. The van der Waals surface area contributed by atoms with Crippen LogP contribution in [0.2, 0.25) is 0 Å². The van der Waals surface area contributed by atoms with Gasteiger partial charge in [0.1, 0.15) is 0 Å². The molecule has 0 heterocycles. The average molecular weight is 533 g/mol. The van der Waals surface area contributed by atoms with Crippen molar-refractivity contribution < 1.29 is 18.9 Å². The summed E-state index contributed by atoms with van der Waals surface area (Å²) in [6, 6.07) is 8.26. The fraction of sp³-hybridized carbons (Fsp3) is 0.467. The summed E-state index contributed by atoms with van der Waals surface area (Å²) in [4.78, 5) is 0. The van der Waals surface area contributed by atoms with E-state index in [-0.39, 0.29) is 12.4 Å². The molecule has 2 N–H and O–H groups in total. The van der Waals surface area contributed by atoms with E-state index in [1.54, 1.807) is 28.4 Å². The molecule has 0 aliphatic heterocycles. The van der Waals surface area contributed by atoms with Crippen molar-refractivity contribution in [1.82, 2.24) is 10.6 Å². The number of hydrogen-bond acceptors (Lipinski definition) is 6. The number of hydrogen-bond donors (Lipinski definition) is 2. The number of methoxy groups -OCH3 is 4. The lowest BCUT2D eigenvalue weighted by atomic mass is 10.0. The molecule has 2 aromatic carbocycles. The first-order chi connectivity index (χ1) is 17.6. The van der Waals surface area contributed by atoms with Gasteiger partial charge >= 0.3 is 0 Å². The molecule has 0 saturated heterocycles. The Morgan fingerprint density at radius 1 is 0.622 bits per heavy atom. The summed E-state index contributed by atoms with van der Waals surface area (Å²) in [5, 5.41) is 6.96. The molecule has 0 amide bonds. The molecular weight excluding hydrogens is 488 g/mol. The van der Waals surface area contributed by atoms with Gasteiger partial charge in [0.2, 0.25) is 0 Å². The van der Waals surface area contributed by atoms with Crippen LogP contribution in [0.4, 0.5) is 0 Å². The van der Waals surface area contributed by atoms with E-state index in [9.17, 15) is 0 Å². The van der Waals surface area contributed by atoms with Crippen LogP contribution >= 0.6 is 12.4 Å². The largest absolute Gasteiger partial charge is 0.493 e. The molecule has 206 valence electrons. The maximum atomic E-state index is 5.58. The quantitative estimate of drug-likeness (QED) is 0.212. The van der Waals surface area contributed by atoms with E-state index < -0.39 is 0 Å². The summed E-state index contributed by atoms with van der Waals surface area (Å²) in [5.74, 6) is 3.29. The second kappa shape index (κ2) is 18.6. The Morgan fingerprint density at radius 2 is 1.03 bits per heavy atom. The molecule has 0 radical (unpaired) electrons. The first-order valence-corrected chi connectivity index (χ1v) is 12.8. The van der Waals surface area contributed by atoms with Gasteiger partial charge in [-0.3, -0.25) is 0 Å². The Hall–Kier alpha value is -2.67. The van der Waals surface area contributed by atoms with Gasteiger partial charge < -0.3 is 29.6 Å². The predicted octanol–water partition coefficient (Wildman–Crippen LogP) is 5.34.